The lowest BCUT2D eigenvalue weighted by Gasteiger charge is -2.42. The normalized spacial score (nSPS) is 35.8. The Morgan fingerprint density at radius 2 is 1.73 bits per heavy atom. The minimum Gasteiger partial charge on any atom is -0.465 e. The third kappa shape index (κ3) is 4.54. The van der Waals surface area contributed by atoms with Gasteiger partial charge in [0.15, 0.2) is 0 Å². The topological polar surface area (TPSA) is 96.4 Å². The van der Waals surface area contributed by atoms with E-state index in [4.69, 9.17) is 9.47 Å². The number of benzene rings is 1. The first-order chi connectivity index (χ1) is 20.0. The summed E-state index contributed by atoms with van der Waals surface area (Å²) in [6, 6.07) is 7.64. The molecule has 1 saturated carbocycles. The van der Waals surface area contributed by atoms with Crippen LogP contribution in [0.15, 0.2) is 54.6 Å². The summed E-state index contributed by atoms with van der Waals surface area (Å²) < 4.78 is 12.9. The van der Waals surface area contributed by atoms with Crippen LogP contribution in [0.5, 0.6) is 0 Å². The van der Waals surface area contributed by atoms with Crippen LogP contribution < -0.4 is 0 Å². The zero-order chi connectivity index (χ0) is 28.6. The number of carbonyl (C=O) groups is 3. The van der Waals surface area contributed by atoms with E-state index in [2.05, 4.69) is 6.08 Å². The summed E-state index contributed by atoms with van der Waals surface area (Å²) in [5.41, 5.74) is -1.71. The highest BCUT2D eigenvalue weighted by Crippen LogP contribution is 2.59. The third-order valence-electron chi connectivity index (χ3n) is 10.1. The van der Waals surface area contributed by atoms with Gasteiger partial charge in [-0.05, 0) is 44.1 Å². The van der Waals surface area contributed by atoms with Crippen molar-refractivity contribution in [3.8, 4) is 0 Å². The van der Waals surface area contributed by atoms with Crippen LogP contribution >= 0.6 is 0 Å². The zero-order valence-corrected chi connectivity index (χ0v) is 24.0. The summed E-state index contributed by atoms with van der Waals surface area (Å²) in [5.74, 6) is -2.82. The molecule has 3 fully saturated rings. The quantitative estimate of drug-likeness (QED) is 0.429. The van der Waals surface area contributed by atoms with E-state index in [0.29, 0.717) is 13.0 Å². The van der Waals surface area contributed by atoms with E-state index in [1.54, 1.807) is 4.90 Å². The summed E-state index contributed by atoms with van der Waals surface area (Å²) >= 11 is 0. The van der Waals surface area contributed by atoms with Crippen molar-refractivity contribution in [2.45, 2.75) is 94.0 Å². The second-order valence-electron chi connectivity index (χ2n) is 12.2. The number of hydrogen-bond acceptors (Lipinski definition) is 6. The molecule has 220 valence electrons. The Labute approximate surface area is 242 Å². The molecule has 1 unspecified atom stereocenters. The van der Waals surface area contributed by atoms with Gasteiger partial charge in [-0.3, -0.25) is 14.4 Å². The summed E-state index contributed by atoms with van der Waals surface area (Å²) in [4.78, 5) is 46.9. The smallest absolute Gasteiger partial charge is 0.313 e. The van der Waals surface area contributed by atoms with Crippen LogP contribution in [-0.2, 0) is 23.9 Å². The van der Waals surface area contributed by atoms with Crippen LogP contribution in [0.25, 0.3) is 0 Å². The van der Waals surface area contributed by atoms with Gasteiger partial charge in [0.05, 0.1) is 25.2 Å². The molecular formula is C33H42N2O6. The maximum Gasteiger partial charge on any atom is 0.313 e. The van der Waals surface area contributed by atoms with Gasteiger partial charge in [-0.1, -0.05) is 80.8 Å². The fourth-order valence-electron chi connectivity index (χ4n) is 8.08. The largest absolute Gasteiger partial charge is 0.465 e. The van der Waals surface area contributed by atoms with Gasteiger partial charge >= 0.3 is 5.97 Å². The Balaban J connectivity index is 1.52. The second kappa shape index (κ2) is 11.4. The molecule has 1 N–H and O–H groups in total. The fourth-order valence-corrected chi connectivity index (χ4v) is 8.08. The molecule has 0 radical (unpaired) electrons. The molecule has 8 nitrogen and oxygen atoms in total. The molecule has 1 spiro atoms. The van der Waals surface area contributed by atoms with Crippen molar-refractivity contribution in [2.24, 2.45) is 11.8 Å². The summed E-state index contributed by atoms with van der Waals surface area (Å²) in [7, 11) is 0. The average Bonchev–Trinajstić information content (AvgIpc) is 3.36. The maximum atomic E-state index is 14.8. The number of rotatable bonds is 5. The number of allylic oxidation sites excluding steroid dienone is 1. The highest BCUT2D eigenvalue weighted by atomic mass is 16.6. The molecule has 2 amide bonds. The number of carbonyl (C=O) groups excluding carboxylic acids is 3. The molecule has 0 bridgehead atoms. The average molecular weight is 563 g/mol. The number of fused-ring (bicyclic) bond motifs is 2. The van der Waals surface area contributed by atoms with Gasteiger partial charge in [-0.25, -0.2) is 0 Å². The zero-order valence-electron chi connectivity index (χ0n) is 24.0. The van der Waals surface area contributed by atoms with Crippen LogP contribution in [0.1, 0.15) is 76.3 Å². The molecular weight excluding hydrogens is 520 g/mol. The number of nitrogens with zero attached hydrogens (tertiary/aromatic N) is 2. The molecule has 1 aliphatic carbocycles. The molecule has 6 rings (SSSR count). The summed E-state index contributed by atoms with van der Waals surface area (Å²) in [6.45, 7) is 2.32. The number of hydrogen-bond donors (Lipinski definition) is 1. The van der Waals surface area contributed by atoms with E-state index >= 15 is 0 Å². The molecule has 4 aliphatic heterocycles. The lowest BCUT2D eigenvalue weighted by molar-refractivity contribution is -0.164. The Bertz CT molecular complexity index is 1210. The Morgan fingerprint density at radius 3 is 2.46 bits per heavy atom. The molecule has 0 aromatic heterocycles. The molecule has 4 heterocycles. The van der Waals surface area contributed by atoms with Crippen molar-refractivity contribution in [2.75, 3.05) is 19.8 Å². The molecule has 5 aliphatic rings. The molecule has 2 saturated heterocycles. The van der Waals surface area contributed by atoms with Gasteiger partial charge in [-0.15, -0.1) is 0 Å². The first kappa shape index (κ1) is 28.2. The van der Waals surface area contributed by atoms with Crippen molar-refractivity contribution < 1.29 is 29.0 Å². The Morgan fingerprint density at radius 1 is 0.951 bits per heavy atom. The number of amides is 2. The number of esters is 1. The van der Waals surface area contributed by atoms with E-state index in [1.165, 1.54) is 0 Å². The lowest BCUT2D eigenvalue weighted by atomic mass is 9.73. The van der Waals surface area contributed by atoms with E-state index in [1.807, 2.05) is 60.4 Å². The first-order valence-corrected chi connectivity index (χ1v) is 15.5. The Kier molecular flexibility index (Phi) is 7.81. The molecule has 1 aromatic rings. The van der Waals surface area contributed by atoms with Gasteiger partial charge < -0.3 is 24.4 Å². The minimum atomic E-state index is -1.36. The van der Waals surface area contributed by atoms with Gasteiger partial charge in [-0.2, -0.15) is 0 Å². The number of aliphatic hydroxyl groups is 1. The summed E-state index contributed by atoms with van der Waals surface area (Å²) in [6.07, 6.45) is 15.9. The van der Waals surface area contributed by atoms with Crippen LogP contribution in [0.2, 0.25) is 0 Å². The number of aliphatic hydroxyl groups excluding tert-OH is 1. The van der Waals surface area contributed by atoms with Crippen molar-refractivity contribution in [1.82, 2.24) is 9.80 Å². The number of cyclic esters (lactones) is 1. The van der Waals surface area contributed by atoms with Crippen molar-refractivity contribution in [1.29, 1.82) is 0 Å². The second-order valence-corrected chi connectivity index (χ2v) is 12.2. The predicted octanol–water partition coefficient (Wildman–Crippen LogP) is 4.10. The minimum absolute atomic E-state index is 0.0865. The highest BCUT2D eigenvalue weighted by molar-refractivity contribution is 5.99. The van der Waals surface area contributed by atoms with Crippen LogP contribution in [0.4, 0.5) is 0 Å². The molecule has 1 aromatic carbocycles. The highest BCUT2D eigenvalue weighted by Gasteiger charge is 2.76. The number of ether oxygens (including phenoxy) is 2. The van der Waals surface area contributed by atoms with E-state index in [-0.39, 0.29) is 31.1 Å². The standard InChI is InChI=1S/C33H42N2O6/c1-2-32-18-11-3-4-12-21-40-31(39)27(32)26-29(37)35(25(22-36)23-14-7-5-8-15-23)28-30(38)34(24-16-9-6-10-17-24)20-13-19-33(26,28)41-32/h5,7-8,11,13-15,18-19,24-28,36H,2-4,6,9-10,12,16-17,20-22H2,1H3/b18-11-/t25-,26+,27-,28?,32+,33+/m1/s1. The lowest BCUT2D eigenvalue weighted by Crippen LogP contribution is -2.58. The van der Waals surface area contributed by atoms with Crippen molar-refractivity contribution in [3.05, 3.63) is 60.2 Å². The van der Waals surface area contributed by atoms with Gasteiger partial charge in [0.1, 0.15) is 23.2 Å². The SMILES string of the molecule is CC[C@]12/C=C\CCCCOC(=O)[C@H]1[C@H]1C(=O)N([C@H](CO)c3ccccc3)C3C(=O)N(C4CCCCC4)CC=C[C@@]31O2. The monoisotopic (exact) mass is 562 g/mol. The third-order valence-corrected chi connectivity index (χ3v) is 10.1. The van der Waals surface area contributed by atoms with Crippen LogP contribution in [0.3, 0.4) is 0 Å². The molecule has 41 heavy (non-hydrogen) atoms. The van der Waals surface area contributed by atoms with Crippen LogP contribution in [-0.4, -0.2) is 75.7 Å². The van der Waals surface area contributed by atoms with E-state index in [9.17, 15) is 19.5 Å². The van der Waals surface area contributed by atoms with E-state index in [0.717, 1.165) is 56.9 Å². The fraction of sp³-hybridized carbons (Fsp3) is 0.606. The van der Waals surface area contributed by atoms with Gasteiger partial charge in [0.2, 0.25) is 11.8 Å². The first-order valence-electron chi connectivity index (χ1n) is 15.5. The number of likely N-dealkylation sites (tertiary alicyclic amines) is 1. The van der Waals surface area contributed by atoms with Crippen molar-refractivity contribution >= 4 is 17.8 Å². The molecule has 6 atom stereocenters. The van der Waals surface area contributed by atoms with Crippen LogP contribution in [0, 0.1) is 11.8 Å². The Hall–Kier alpha value is -2.97. The molecule has 8 heteroatoms. The van der Waals surface area contributed by atoms with Crippen molar-refractivity contribution in [3.63, 3.8) is 0 Å². The summed E-state index contributed by atoms with van der Waals surface area (Å²) in [5, 5.41) is 10.7. The maximum absolute atomic E-state index is 14.8. The van der Waals surface area contributed by atoms with Gasteiger partial charge in [0, 0.05) is 12.6 Å². The predicted molar refractivity (Wildman–Crippen MR) is 152 cm³/mol. The van der Waals surface area contributed by atoms with Gasteiger partial charge in [0.25, 0.3) is 0 Å². The van der Waals surface area contributed by atoms with E-state index < -0.39 is 41.1 Å².